The summed E-state index contributed by atoms with van der Waals surface area (Å²) in [6.45, 7) is 0. The lowest BCUT2D eigenvalue weighted by atomic mass is 10.5. The van der Waals surface area contributed by atoms with Gasteiger partial charge in [0.15, 0.2) is 0 Å². The van der Waals surface area contributed by atoms with Crippen molar-refractivity contribution in [1.29, 1.82) is 0 Å². The van der Waals surface area contributed by atoms with Crippen molar-refractivity contribution in [3.05, 3.63) is 24.4 Å². The number of halogens is 4. The lowest BCUT2D eigenvalue weighted by Gasteiger charge is -1.97. The van der Waals surface area contributed by atoms with Crippen LogP contribution in [0.4, 0.5) is 0 Å². The summed E-state index contributed by atoms with van der Waals surface area (Å²) < 4.78 is 1.75. The summed E-state index contributed by atoms with van der Waals surface area (Å²) in [6.07, 6.45) is 0. The Hall–Kier alpha value is 0.940. The average Bonchev–Trinajstić information content (AvgIpc) is 1.82. The highest BCUT2D eigenvalue weighted by Crippen LogP contribution is 2.27. The Morgan fingerprint density at radius 1 is 1.50 bits per heavy atom. The highest BCUT2D eigenvalue weighted by molar-refractivity contribution is 14.1. The van der Waals surface area contributed by atoms with Crippen molar-refractivity contribution in [3.8, 4) is 0 Å². The molecule has 0 N–H and O–H groups in total. The third-order valence-corrected chi connectivity index (χ3v) is 4.09. The quantitative estimate of drug-likeness (QED) is 0.512. The number of hydrogen-bond acceptors (Lipinski definition) is 1. The van der Waals surface area contributed by atoms with Gasteiger partial charge in [-0.2, -0.15) is 0 Å². The standard InChI is InChI=1S/C5HBrCl2IN/c6-2-1-3(7)10-5(8)4(2)9/h1H. The zero-order chi connectivity index (χ0) is 7.72. The van der Waals surface area contributed by atoms with Gasteiger partial charge in [0, 0.05) is 4.47 Å². The van der Waals surface area contributed by atoms with E-state index >= 15 is 0 Å². The minimum atomic E-state index is 0.400. The fraction of sp³-hybridized carbons (Fsp3) is 0. The van der Waals surface area contributed by atoms with Gasteiger partial charge < -0.3 is 0 Å². The van der Waals surface area contributed by atoms with Crippen LogP contribution in [-0.2, 0) is 0 Å². The van der Waals surface area contributed by atoms with E-state index in [2.05, 4.69) is 43.5 Å². The van der Waals surface area contributed by atoms with Gasteiger partial charge in [0.1, 0.15) is 10.3 Å². The van der Waals surface area contributed by atoms with Crippen molar-refractivity contribution in [3.63, 3.8) is 0 Å². The first-order valence-corrected chi connectivity index (χ1v) is 4.91. The van der Waals surface area contributed by atoms with Gasteiger partial charge >= 0.3 is 0 Å². The summed E-state index contributed by atoms with van der Waals surface area (Å²) in [5, 5.41) is 0.831. The van der Waals surface area contributed by atoms with Crippen LogP contribution in [-0.4, -0.2) is 4.98 Å². The van der Waals surface area contributed by atoms with Crippen molar-refractivity contribution in [2.45, 2.75) is 0 Å². The Morgan fingerprint density at radius 3 is 2.60 bits per heavy atom. The molecule has 0 amide bonds. The van der Waals surface area contributed by atoms with Gasteiger partial charge in [-0.3, -0.25) is 0 Å². The molecule has 0 aliphatic rings. The van der Waals surface area contributed by atoms with E-state index in [0.717, 1.165) is 8.04 Å². The molecule has 0 aromatic carbocycles. The van der Waals surface area contributed by atoms with Gasteiger partial charge in [-0.25, -0.2) is 4.98 Å². The first-order chi connectivity index (χ1) is 4.61. The van der Waals surface area contributed by atoms with Crippen LogP contribution in [0, 0.1) is 3.57 Å². The molecule has 10 heavy (non-hydrogen) atoms. The molecule has 0 bridgehead atoms. The molecule has 0 atom stereocenters. The second-order valence-corrected chi connectivity index (χ2v) is 4.21. The minimum absolute atomic E-state index is 0.400. The lowest BCUT2D eigenvalue weighted by molar-refractivity contribution is 1.29. The van der Waals surface area contributed by atoms with E-state index in [-0.39, 0.29) is 0 Å². The lowest BCUT2D eigenvalue weighted by Crippen LogP contribution is -1.82. The predicted molar refractivity (Wildman–Crippen MR) is 54.7 cm³/mol. The average molecular weight is 353 g/mol. The highest BCUT2D eigenvalue weighted by atomic mass is 127. The van der Waals surface area contributed by atoms with Crippen molar-refractivity contribution in [2.75, 3.05) is 0 Å². The molecule has 1 nitrogen and oxygen atoms in total. The molecule has 1 aromatic rings. The maximum Gasteiger partial charge on any atom is 0.145 e. The Kier molecular flexibility index (Phi) is 3.21. The van der Waals surface area contributed by atoms with Gasteiger partial charge in [-0.05, 0) is 44.6 Å². The molecule has 1 rings (SSSR count). The Morgan fingerprint density at radius 2 is 2.10 bits per heavy atom. The van der Waals surface area contributed by atoms with Gasteiger partial charge in [0.05, 0.1) is 3.57 Å². The molecule has 0 aliphatic carbocycles. The molecule has 0 radical (unpaired) electrons. The number of rotatable bonds is 0. The van der Waals surface area contributed by atoms with E-state index in [4.69, 9.17) is 23.2 Å². The summed E-state index contributed by atoms with van der Waals surface area (Å²) in [4.78, 5) is 3.83. The second kappa shape index (κ2) is 3.56. The first-order valence-electron chi connectivity index (χ1n) is 2.28. The summed E-state index contributed by atoms with van der Waals surface area (Å²) in [7, 11) is 0. The van der Waals surface area contributed by atoms with Gasteiger partial charge in [-0.1, -0.05) is 23.2 Å². The molecule has 0 saturated heterocycles. The van der Waals surface area contributed by atoms with Crippen LogP contribution >= 0.6 is 61.7 Å². The fourth-order valence-electron chi connectivity index (χ4n) is 0.442. The van der Waals surface area contributed by atoms with Crippen LogP contribution < -0.4 is 0 Å². The molecular weight excluding hydrogens is 352 g/mol. The van der Waals surface area contributed by atoms with Crippen molar-refractivity contribution >= 4 is 61.7 Å². The summed E-state index contributed by atoms with van der Waals surface area (Å²) in [5.41, 5.74) is 0. The molecule has 0 unspecified atom stereocenters. The van der Waals surface area contributed by atoms with Crippen LogP contribution in [0.2, 0.25) is 10.3 Å². The number of hydrogen-bond donors (Lipinski definition) is 0. The third-order valence-electron chi connectivity index (χ3n) is 0.842. The zero-order valence-electron chi connectivity index (χ0n) is 4.54. The van der Waals surface area contributed by atoms with E-state index in [1.54, 1.807) is 6.07 Å². The maximum atomic E-state index is 5.69. The van der Waals surface area contributed by atoms with Crippen LogP contribution in [0.1, 0.15) is 0 Å². The highest BCUT2D eigenvalue weighted by Gasteiger charge is 2.03. The molecule has 1 aromatic heterocycles. The summed E-state index contributed by atoms with van der Waals surface area (Å²) in [6, 6.07) is 1.70. The zero-order valence-corrected chi connectivity index (χ0v) is 9.79. The SMILES string of the molecule is Clc1cc(Br)c(I)c(Cl)n1. The summed E-state index contributed by atoms with van der Waals surface area (Å²) >= 11 is 16.6. The molecule has 0 fully saturated rings. The molecule has 0 saturated carbocycles. The third kappa shape index (κ3) is 1.96. The topological polar surface area (TPSA) is 12.9 Å². The van der Waals surface area contributed by atoms with Crippen LogP contribution in [0.15, 0.2) is 10.5 Å². The monoisotopic (exact) mass is 351 g/mol. The van der Waals surface area contributed by atoms with Crippen molar-refractivity contribution < 1.29 is 0 Å². The normalized spacial score (nSPS) is 10.0. The number of pyridine rings is 1. The van der Waals surface area contributed by atoms with E-state index in [1.165, 1.54) is 0 Å². The van der Waals surface area contributed by atoms with E-state index in [9.17, 15) is 0 Å². The Labute approximate surface area is 90.4 Å². The van der Waals surface area contributed by atoms with Crippen LogP contribution in [0.5, 0.6) is 0 Å². The first kappa shape index (κ1) is 9.03. The molecule has 54 valence electrons. The van der Waals surface area contributed by atoms with E-state index in [1.807, 2.05) is 0 Å². The Balaban J connectivity index is 3.31. The minimum Gasteiger partial charge on any atom is -0.223 e. The molecule has 5 heteroatoms. The number of aromatic nitrogens is 1. The molecule has 1 heterocycles. The molecule has 0 spiro atoms. The molecule has 0 aliphatic heterocycles. The van der Waals surface area contributed by atoms with E-state index in [0.29, 0.717) is 10.3 Å². The maximum absolute atomic E-state index is 5.69. The smallest absolute Gasteiger partial charge is 0.145 e. The number of nitrogens with zero attached hydrogens (tertiary/aromatic N) is 1. The summed E-state index contributed by atoms with van der Waals surface area (Å²) in [5.74, 6) is 0. The van der Waals surface area contributed by atoms with Crippen LogP contribution in [0.25, 0.3) is 0 Å². The van der Waals surface area contributed by atoms with Gasteiger partial charge in [0.25, 0.3) is 0 Å². The van der Waals surface area contributed by atoms with Crippen molar-refractivity contribution in [2.24, 2.45) is 0 Å². The fourth-order valence-corrected chi connectivity index (χ4v) is 1.80. The molecular formula is C5HBrCl2IN. The van der Waals surface area contributed by atoms with E-state index < -0.39 is 0 Å². The van der Waals surface area contributed by atoms with Gasteiger partial charge in [0.2, 0.25) is 0 Å². The Bertz CT molecular complexity index is 243. The van der Waals surface area contributed by atoms with Crippen LogP contribution in [0.3, 0.4) is 0 Å². The predicted octanol–water partition coefficient (Wildman–Crippen LogP) is 3.76. The largest absolute Gasteiger partial charge is 0.223 e. The second-order valence-electron chi connectivity index (χ2n) is 1.53. The van der Waals surface area contributed by atoms with Crippen molar-refractivity contribution in [1.82, 2.24) is 4.98 Å². The van der Waals surface area contributed by atoms with Gasteiger partial charge in [-0.15, -0.1) is 0 Å².